The van der Waals surface area contributed by atoms with Gasteiger partial charge in [-0.2, -0.15) is 10.1 Å². The molecule has 1 aromatic heterocycles. The van der Waals surface area contributed by atoms with Gasteiger partial charge < -0.3 is 15.4 Å². The molecule has 2 heterocycles. The van der Waals surface area contributed by atoms with E-state index in [1.807, 2.05) is 20.8 Å². The Morgan fingerprint density at radius 3 is 2.50 bits per heavy atom. The van der Waals surface area contributed by atoms with Crippen molar-refractivity contribution in [2.24, 2.45) is 10.4 Å². The highest BCUT2D eigenvalue weighted by molar-refractivity contribution is 7.09. The largest absolute Gasteiger partial charge is 0.376 e. The number of carbonyl (C=O) groups excluding carboxylic acids is 2. The van der Waals surface area contributed by atoms with Crippen molar-refractivity contribution in [3.05, 3.63) is 9.81 Å². The average Bonchev–Trinajstić information content (AvgIpc) is 3.21. The van der Waals surface area contributed by atoms with Crippen molar-refractivity contribution >= 4 is 23.3 Å². The van der Waals surface area contributed by atoms with Crippen molar-refractivity contribution in [1.82, 2.24) is 20.4 Å². The van der Waals surface area contributed by atoms with Crippen LogP contribution in [0.1, 0.15) is 59.4 Å². The summed E-state index contributed by atoms with van der Waals surface area (Å²) in [5.74, 6) is -0.247. The van der Waals surface area contributed by atoms with Crippen molar-refractivity contribution in [1.29, 1.82) is 0 Å². The molecule has 0 saturated carbocycles. The van der Waals surface area contributed by atoms with E-state index in [2.05, 4.69) is 41.5 Å². The Bertz CT molecular complexity index is 764. The third-order valence-corrected chi connectivity index (χ3v) is 5.87. The summed E-state index contributed by atoms with van der Waals surface area (Å²) < 4.78 is 7.47. The molecular formula is C19H33N5O3S. The monoisotopic (exact) mass is 411 g/mol. The van der Waals surface area contributed by atoms with Crippen LogP contribution in [0.25, 0.3) is 0 Å². The quantitative estimate of drug-likeness (QED) is 0.793. The summed E-state index contributed by atoms with van der Waals surface area (Å²) in [6.07, 6.45) is 2.10. The number of nitrogens with zero attached hydrogens (tertiary/aromatic N) is 3. The van der Waals surface area contributed by atoms with Crippen LogP contribution in [0.4, 0.5) is 4.79 Å². The van der Waals surface area contributed by atoms with Crippen molar-refractivity contribution in [3.8, 4) is 0 Å². The van der Waals surface area contributed by atoms with E-state index in [-0.39, 0.29) is 17.4 Å². The Morgan fingerprint density at radius 1 is 1.32 bits per heavy atom. The predicted molar refractivity (Wildman–Crippen MR) is 109 cm³/mol. The molecule has 1 fully saturated rings. The summed E-state index contributed by atoms with van der Waals surface area (Å²) in [6, 6.07) is -1.23. The van der Waals surface area contributed by atoms with E-state index >= 15 is 0 Å². The number of likely N-dealkylation sites (N-methyl/N-ethyl adjacent to an activating group) is 1. The lowest BCUT2D eigenvalue weighted by atomic mass is 9.86. The lowest BCUT2D eigenvalue weighted by Crippen LogP contribution is -2.52. The Labute approximate surface area is 170 Å². The normalized spacial score (nSPS) is 19.5. The van der Waals surface area contributed by atoms with Gasteiger partial charge in [0.1, 0.15) is 11.0 Å². The van der Waals surface area contributed by atoms with Gasteiger partial charge in [0.15, 0.2) is 0 Å². The van der Waals surface area contributed by atoms with Crippen LogP contribution in [-0.2, 0) is 21.5 Å². The fraction of sp³-hybridized carbons (Fsp3) is 0.789. The Kier molecular flexibility index (Phi) is 7.03. The second kappa shape index (κ2) is 8.73. The molecule has 0 spiro atoms. The zero-order valence-corrected chi connectivity index (χ0v) is 18.8. The molecule has 2 rings (SSSR count). The molecule has 9 heteroatoms. The summed E-state index contributed by atoms with van der Waals surface area (Å²) in [5.41, 5.74) is -0.591. The molecule has 8 nitrogen and oxygen atoms in total. The maximum Gasteiger partial charge on any atom is 0.344 e. The summed E-state index contributed by atoms with van der Waals surface area (Å²) in [7, 11) is 1.55. The lowest BCUT2D eigenvalue weighted by molar-refractivity contribution is -0.124. The summed E-state index contributed by atoms with van der Waals surface area (Å²) in [6.45, 7) is 13.2. The highest BCUT2D eigenvalue weighted by Crippen LogP contribution is 2.23. The first-order valence-electron chi connectivity index (χ1n) is 9.68. The number of ether oxygens (including phenoxy) is 1. The molecule has 1 aromatic rings. The van der Waals surface area contributed by atoms with Crippen LogP contribution in [-0.4, -0.2) is 47.5 Å². The van der Waals surface area contributed by atoms with Gasteiger partial charge >= 0.3 is 6.03 Å². The molecule has 0 radical (unpaired) electrons. The minimum Gasteiger partial charge on any atom is -0.376 e. The van der Waals surface area contributed by atoms with Crippen LogP contribution in [0.2, 0.25) is 0 Å². The number of amides is 3. The molecule has 3 amide bonds. The lowest BCUT2D eigenvalue weighted by Gasteiger charge is -2.28. The Hall–Kier alpha value is -1.74. The molecule has 1 aliphatic heterocycles. The molecule has 158 valence electrons. The SMILES string of the molecule is CNC(=O)[C@@H](NC(=O)N=c1sc(C(C)(C)C)nn1C[C@H]1CCCO1)C(C)(C)C. The Morgan fingerprint density at radius 2 is 2.00 bits per heavy atom. The van der Waals surface area contributed by atoms with E-state index in [4.69, 9.17) is 4.74 Å². The fourth-order valence-corrected chi connectivity index (χ4v) is 3.83. The van der Waals surface area contributed by atoms with Crippen molar-refractivity contribution in [3.63, 3.8) is 0 Å². The molecule has 0 unspecified atom stereocenters. The molecule has 1 saturated heterocycles. The standard InChI is InChI=1S/C19H33N5O3S/c1-18(2,3)13(14(25)20-7)21-16(26)22-17-24(11-12-9-8-10-27-12)23-15(28-17)19(4,5)6/h12-13H,8-11H2,1-7H3,(H,20,25)(H,21,26)/t12-,13-/m1/s1. The zero-order chi connectivity index (χ0) is 21.1. The van der Waals surface area contributed by atoms with Crippen molar-refractivity contribution in [2.45, 2.75) is 78.5 Å². The van der Waals surface area contributed by atoms with E-state index in [0.717, 1.165) is 24.5 Å². The maximum absolute atomic E-state index is 12.6. The summed E-state index contributed by atoms with van der Waals surface area (Å²) in [5, 5.41) is 10.9. The van der Waals surface area contributed by atoms with E-state index in [1.165, 1.54) is 11.3 Å². The first-order valence-corrected chi connectivity index (χ1v) is 10.5. The zero-order valence-electron chi connectivity index (χ0n) is 18.0. The second-order valence-electron chi connectivity index (χ2n) is 9.23. The highest BCUT2D eigenvalue weighted by Gasteiger charge is 2.32. The number of nitrogens with one attached hydrogen (secondary N) is 2. The Balaban J connectivity index is 2.32. The maximum atomic E-state index is 12.6. The van der Waals surface area contributed by atoms with Gasteiger partial charge in [-0.25, -0.2) is 9.48 Å². The third kappa shape index (κ3) is 5.88. The van der Waals surface area contributed by atoms with Gasteiger partial charge in [-0.1, -0.05) is 52.9 Å². The minimum atomic E-state index is -0.685. The van der Waals surface area contributed by atoms with Crippen molar-refractivity contribution in [2.75, 3.05) is 13.7 Å². The summed E-state index contributed by atoms with van der Waals surface area (Å²) >= 11 is 1.40. The van der Waals surface area contributed by atoms with Crippen LogP contribution in [0, 0.1) is 5.41 Å². The van der Waals surface area contributed by atoms with Crippen LogP contribution < -0.4 is 15.4 Å². The number of rotatable bonds is 4. The van der Waals surface area contributed by atoms with Gasteiger partial charge in [0.05, 0.1) is 12.6 Å². The van der Waals surface area contributed by atoms with E-state index < -0.39 is 17.5 Å². The smallest absolute Gasteiger partial charge is 0.344 e. The second-order valence-corrected chi connectivity index (χ2v) is 10.2. The van der Waals surface area contributed by atoms with Gasteiger partial charge in [-0.05, 0) is 18.3 Å². The summed E-state index contributed by atoms with van der Waals surface area (Å²) in [4.78, 5) is 29.5. The molecular weight excluding hydrogens is 378 g/mol. The van der Waals surface area contributed by atoms with Gasteiger partial charge in [0.2, 0.25) is 10.7 Å². The fourth-order valence-electron chi connectivity index (χ4n) is 2.86. The average molecular weight is 412 g/mol. The molecule has 0 aromatic carbocycles. The molecule has 2 N–H and O–H groups in total. The molecule has 2 atom stereocenters. The van der Waals surface area contributed by atoms with Crippen molar-refractivity contribution < 1.29 is 14.3 Å². The van der Waals surface area contributed by atoms with E-state index in [9.17, 15) is 9.59 Å². The molecule has 0 aliphatic carbocycles. The molecule has 28 heavy (non-hydrogen) atoms. The molecule has 0 bridgehead atoms. The molecule has 1 aliphatic rings. The van der Waals surface area contributed by atoms with Gasteiger partial charge in [-0.3, -0.25) is 4.79 Å². The van der Waals surface area contributed by atoms with Crippen LogP contribution in [0.3, 0.4) is 0 Å². The topological polar surface area (TPSA) is 97.6 Å². The van der Waals surface area contributed by atoms with Gasteiger partial charge in [0.25, 0.3) is 0 Å². The third-order valence-electron chi connectivity index (χ3n) is 4.50. The van der Waals surface area contributed by atoms with E-state index in [1.54, 1.807) is 11.7 Å². The number of carbonyl (C=O) groups is 2. The minimum absolute atomic E-state index is 0.0881. The van der Waals surface area contributed by atoms with Crippen LogP contribution in [0.15, 0.2) is 4.99 Å². The first-order chi connectivity index (χ1) is 12.9. The first kappa shape index (κ1) is 22.5. The number of hydrogen-bond donors (Lipinski definition) is 2. The van der Waals surface area contributed by atoms with E-state index in [0.29, 0.717) is 11.3 Å². The number of urea groups is 1. The van der Waals surface area contributed by atoms with Gasteiger partial charge in [0, 0.05) is 19.1 Å². The van der Waals surface area contributed by atoms with Gasteiger partial charge in [-0.15, -0.1) is 0 Å². The highest BCUT2D eigenvalue weighted by atomic mass is 32.1. The number of hydrogen-bond acceptors (Lipinski definition) is 5. The predicted octanol–water partition coefficient (Wildman–Crippen LogP) is 2.19. The van der Waals surface area contributed by atoms with Crippen LogP contribution >= 0.6 is 11.3 Å². The number of aromatic nitrogens is 2. The van der Waals surface area contributed by atoms with Crippen LogP contribution in [0.5, 0.6) is 0 Å².